The molecule has 24 heavy (non-hydrogen) atoms. The van der Waals surface area contributed by atoms with Crippen molar-refractivity contribution >= 4 is 0 Å². The molecule has 1 unspecified atom stereocenters. The number of nitrogens with one attached hydrogen (secondary N) is 1. The molecule has 0 aromatic heterocycles. The Morgan fingerprint density at radius 2 is 1.79 bits per heavy atom. The number of likely N-dealkylation sites (tertiary alicyclic amines) is 1. The fourth-order valence-corrected chi connectivity index (χ4v) is 3.61. The van der Waals surface area contributed by atoms with Crippen molar-refractivity contribution in [3.05, 3.63) is 70.5 Å². The molecule has 2 aromatic carbocycles. The number of hydrogen-bond acceptors (Lipinski definition) is 2. The van der Waals surface area contributed by atoms with Crippen LogP contribution in [0.4, 0.5) is 4.39 Å². The Hall–Kier alpha value is -1.71. The predicted octanol–water partition coefficient (Wildman–Crippen LogP) is 4.20. The summed E-state index contributed by atoms with van der Waals surface area (Å²) in [5.41, 5.74) is 4.02. The minimum Gasteiger partial charge on any atom is -0.309 e. The SMILES string of the molecule is Cc1cc(CNC2CCCN(Cc3ccccc3)C2)cc(C)c1F. The Kier molecular flexibility index (Phi) is 5.64. The van der Waals surface area contributed by atoms with E-state index in [2.05, 4.69) is 40.5 Å². The Bertz CT molecular complexity index is 646. The third-order valence-corrected chi connectivity index (χ3v) is 4.85. The second-order valence-electron chi connectivity index (χ2n) is 6.98. The summed E-state index contributed by atoms with van der Waals surface area (Å²) >= 11 is 0. The molecular weight excluding hydrogens is 299 g/mol. The van der Waals surface area contributed by atoms with E-state index in [-0.39, 0.29) is 5.82 Å². The van der Waals surface area contributed by atoms with Gasteiger partial charge in [-0.05, 0) is 55.5 Å². The van der Waals surface area contributed by atoms with E-state index in [0.717, 1.165) is 30.8 Å². The minimum absolute atomic E-state index is 0.0783. The first-order chi connectivity index (χ1) is 11.6. The number of piperidine rings is 1. The van der Waals surface area contributed by atoms with Crippen LogP contribution in [0.5, 0.6) is 0 Å². The third kappa shape index (κ3) is 4.43. The number of hydrogen-bond donors (Lipinski definition) is 1. The topological polar surface area (TPSA) is 15.3 Å². The molecule has 0 spiro atoms. The van der Waals surface area contributed by atoms with Gasteiger partial charge in [-0.1, -0.05) is 42.5 Å². The molecule has 1 saturated heterocycles. The highest BCUT2D eigenvalue weighted by molar-refractivity contribution is 5.30. The average molecular weight is 326 g/mol. The first-order valence-corrected chi connectivity index (χ1v) is 8.87. The lowest BCUT2D eigenvalue weighted by Crippen LogP contribution is -2.45. The highest BCUT2D eigenvalue weighted by Gasteiger charge is 2.19. The van der Waals surface area contributed by atoms with Crippen LogP contribution in [0.15, 0.2) is 42.5 Å². The van der Waals surface area contributed by atoms with Crippen LogP contribution in [0.1, 0.15) is 35.1 Å². The van der Waals surface area contributed by atoms with Gasteiger partial charge in [0.1, 0.15) is 5.82 Å². The van der Waals surface area contributed by atoms with E-state index < -0.39 is 0 Å². The maximum absolute atomic E-state index is 13.7. The number of aryl methyl sites for hydroxylation is 2. The van der Waals surface area contributed by atoms with Gasteiger partial charge in [-0.3, -0.25) is 4.90 Å². The first-order valence-electron chi connectivity index (χ1n) is 8.87. The van der Waals surface area contributed by atoms with Crippen LogP contribution in [-0.2, 0) is 13.1 Å². The molecule has 0 bridgehead atoms. The van der Waals surface area contributed by atoms with Gasteiger partial charge in [0.2, 0.25) is 0 Å². The Morgan fingerprint density at radius 3 is 2.50 bits per heavy atom. The van der Waals surface area contributed by atoms with Crippen molar-refractivity contribution in [1.82, 2.24) is 10.2 Å². The van der Waals surface area contributed by atoms with Crippen molar-refractivity contribution in [1.29, 1.82) is 0 Å². The molecule has 0 saturated carbocycles. The molecule has 1 aliphatic heterocycles. The van der Waals surface area contributed by atoms with Crippen molar-refractivity contribution in [3.63, 3.8) is 0 Å². The Balaban J connectivity index is 1.54. The van der Waals surface area contributed by atoms with E-state index >= 15 is 0 Å². The zero-order valence-corrected chi connectivity index (χ0v) is 14.7. The molecule has 1 N–H and O–H groups in total. The van der Waals surface area contributed by atoms with Crippen LogP contribution in [0.3, 0.4) is 0 Å². The molecule has 2 nitrogen and oxygen atoms in total. The van der Waals surface area contributed by atoms with E-state index in [1.54, 1.807) is 0 Å². The van der Waals surface area contributed by atoms with Crippen LogP contribution in [0, 0.1) is 19.7 Å². The van der Waals surface area contributed by atoms with Crippen molar-refractivity contribution < 1.29 is 4.39 Å². The van der Waals surface area contributed by atoms with Gasteiger partial charge in [-0.25, -0.2) is 4.39 Å². The summed E-state index contributed by atoms with van der Waals surface area (Å²) in [7, 11) is 0. The summed E-state index contributed by atoms with van der Waals surface area (Å²) in [5.74, 6) is -0.0783. The highest BCUT2D eigenvalue weighted by Crippen LogP contribution is 2.17. The maximum Gasteiger partial charge on any atom is 0.129 e. The van der Waals surface area contributed by atoms with E-state index in [1.165, 1.54) is 30.5 Å². The Labute approximate surface area is 144 Å². The number of benzene rings is 2. The largest absolute Gasteiger partial charge is 0.309 e. The molecule has 1 heterocycles. The van der Waals surface area contributed by atoms with E-state index in [9.17, 15) is 4.39 Å². The van der Waals surface area contributed by atoms with Crippen molar-refractivity contribution in [2.45, 2.75) is 45.8 Å². The van der Waals surface area contributed by atoms with Gasteiger partial charge in [0.25, 0.3) is 0 Å². The fourth-order valence-electron chi connectivity index (χ4n) is 3.61. The first kappa shape index (κ1) is 17.1. The zero-order valence-electron chi connectivity index (χ0n) is 14.7. The molecule has 128 valence electrons. The molecule has 1 atom stereocenters. The van der Waals surface area contributed by atoms with Crippen LogP contribution in [0.25, 0.3) is 0 Å². The van der Waals surface area contributed by atoms with Gasteiger partial charge in [-0.15, -0.1) is 0 Å². The molecule has 2 aromatic rings. The van der Waals surface area contributed by atoms with Gasteiger partial charge in [-0.2, -0.15) is 0 Å². The number of nitrogens with zero attached hydrogens (tertiary/aromatic N) is 1. The summed E-state index contributed by atoms with van der Waals surface area (Å²) in [4.78, 5) is 2.53. The lowest BCUT2D eigenvalue weighted by Gasteiger charge is -2.33. The average Bonchev–Trinajstić information content (AvgIpc) is 2.59. The summed E-state index contributed by atoms with van der Waals surface area (Å²) in [6, 6.07) is 15.1. The van der Waals surface area contributed by atoms with Crippen molar-refractivity contribution in [2.75, 3.05) is 13.1 Å². The molecule has 1 aliphatic rings. The lowest BCUT2D eigenvalue weighted by atomic mass is 10.0. The molecule has 1 fully saturated rings. The summed E-state index contributed by atoms with van der Waals surface area (Å²) in [6.07, 6.45) is 2.44. The smallest absolute Gasteiger partial charge is 0.129 e. The van der Waals surface area contributed by atoms with Crippen LogP contribution in [-0.4, -0.2) is 24.0 Å². The summed E-state index contributed by atoms with van der Waals surface area (Å²) in [5, 5.41) is 3.66. The fraction of sp³-hybridized carbons (Fsp3) is 0.429. The summed E-state index contributed by atoms with van der Waals surface area (Å²) in [6.45, 7) is 7.76. The van der Waals surface area contributed by atoms with Crippen molar-refractivity contribution in [3.8, 4) is 0 Å². The molecule has 0 aliphatic carbocycles. The molecule has 0 radical (unpaired) electrons. The minimum atomic E-state index is -0.0783. The van der Waals surface area contributed by atoms with Crippen LogP contribution in [0.2, 0.25) is 0 Å². The van der Waals surface area contributed by atoms with E-state index in [4.69, 9.17) is 0 Å². The second kappa shape index (κ2) is 7.91. The van der Waals surface area contributed by atoms with Gasteiger partial charge in [0.15, 0.2) is 0 Å². The predicted molar refractivity (Wildman–Crippen MR) is 97.5 cm³/mol. The summed E-state index contributed by atoms with van der Waals surface area (Å²) < 4.78 is 13.7. The van der Waals surface area contributed by atoms with Crippen molar-refractivity contribution in [2.24, 2.45) is 0 Å². The van der Waals surface area contributed by atoms with E-state index in [1.807, 2.05) is 26.0 Å². The highest BCUT2D eigenvalue weighted by atomic mass is 19.1. The molecular formula is C21H27FN2. The lowest BCUT2D eigenvalue weighted by molar-refractivity contribution is 0.182. The molecule has 3 heteroatoms. The zero-order chi connectivity index (χ0) is 16.9. The Morgan fingerprint density at radius 1 is 1.08 bits per heavy atom. The quantitative estimate of drug-likeness (QED) is 0.886. The van der Waals surface area contributed by atoms with E-state index in [0.29, 0.717) is 6.04 Å². The monoisotopic (exact) mass is 326 g/mol. The number of halogens is 1. The van der Waals surface area contributed by atoms with Gasteiger partial charge < -0.3 is 5.32 Å². The van der Waals surface area contributed by atoms with Crippen LogP contribution >= 0.6 is 0 Å². The van der Waals surface area contributed by atoms with Gasteiger partial charge in [0, 0.05) is 25.7 Å². The van der Waals surface area contributed by atoms with Gasteiger partial charge >= 0.3 is 0 Å². The van der Waals surface area contributed by atoms with Crippen LogP contribution < -0.4 is 5.32 Å². The third-order valence-electron chi connectivity index (χ3n) is 4.85. The van der Waals surface area contributed by atoms with Gasteiger partial charge in [0.05, 0.1) is 0 Å². The molecule has 3 rings (SSSR count). The second-order valence-corrected chi connectivity index (χ2v) is 6.98. The maximum atomic E-state index is 13.7. The standard InChI is InChI=1S/C21H27FN2/c1-16-11-19(12-17(2)21(16)22)13-23-20-9-6-10-24(15-20)14-18-7-4-3-5-8-18/h3-5,7-8,11-12,20,23H,6,9-10,13-15H2,1-2H3. The number of rotatable bonds is 5. The normalized spacial score (nSPS) is 18.7. The molecule has 0 amide bonds.